The minimum atomic E-state index is -0.539. The molecular formula is C49H90O5. The van der Waals surface area contributed by atoms with Crippen molar-refractivity contribution >= 4 is 11.9 Å². The van der Waals surface area contributed by atoms with Gasteiger partial charge in [-0.2, -0.15) is 0 Å². The summed E-state index contributed by atoms with van der Waals surface area (Å²) < 4.78 is 17.3. The number of hydrogen-bond acceptors (Lipinski definition) is 5. The van der Waals surface area contributed by atoms with Gasteiger partial charge in [0.1, 0.15) is 6.61 Å². The van der Waals surface area contributed by atoms with E-state index in [0.29, 0.717) is 19.4 Å². The Morgan fingerprint density at radius 3 is 1.37 bits per heavy atom. The van der Waals surface area contributed by atoms with E-state index in [-0.39, 0.29) is 25.2 Å². The van der Waals surface area contributed by atoms with Crippen LogP contribution in [0.4, 0.5) is 0 Å². The SMILES string of the molecule is CCC/C=C\C/C=C\CCCCCCCCOCC(COC(=O)CCCCCCCCCCCCCCC)OC(=O)CCCCCCC/C=C\CCCC. The highest BCUT2D eigenvalue weighted by molar-refractivity contribution is 5.70. The quantitative estimate of drug-likeness (QED) is 0.0352. The van der Waals surface area contributed by atoms with Crippen molar-refractivity contribution in [2.45, 2.75) is 245 Å². The van der Waals surface area contributed by atoms with E-state index in [9.17, 15) is 9.59 Å². The van der Waals surface area contributed by atoms with E-state index in [1.54, 1.807) is 0 Å². The highest BCUT2D eigenvalue weighted by Gasteiger charge is 2.17. The lowest BCUT2D eigenvalue weighted by molar-refractivity contribution is -0.163. The molecule has 0 aromatic rings. The van der Waals surface area contributed by atoms with E-state index >= 15 is 0 Å². The van der Waals surface area contributed by atoms with Crippen molar-refractivity contribution < 1.29 is 23.8 Å². The smallest absolute Gasteiger partial charge is 0.306 e. The third kappa shape index (κ3) is 42.9. The van der Waals surface area contributed by atoms with Crippen molar-refractivity contribution in [3.63, 3.8) is 0 Å². The minimum Gasteiger partial charge on any atom is -0.462 e. The van der Waals surface area contributed by atoms with Gasteiger partial charge in [0.2, 0.25) is 0 Å². The molecule has 0 spiro atoms. The molecule has 54 heavy (non-hydrogen) atoms. The molecule has 0 saturated heterocycles. The summed E-state index contributed by atoms with van der Waals surface area (Å²) in [5, 5.41) is 0. The zero-order valence-corrected chi connectivity index (χ0v) is 36.2. The van der Waals surface area contributed by atoms with Crippen molar-refractivity contribution in [2.24, 2.45) is 0 Å². The molecule has 1 unspecified atom stereocenters. The summed E-state index contributed by atoms with van der Waals surface area (Å²) in [7, 11) is 0. The van der Waals surface area contributed by atoms with Crippen LogP contribution in [0.25, 0.3) is 0 Å². The molecule has 0 aromatic carbocycles. The minimum absolute atomic E-state index is 0.0816. The van der Waals surface area contributed by atoms with Gasteiger partial charge in [0.05, 0.1) is 6.61 Å². The van der Waals surface area contributed by atoms with Gasteiger partial charge in [0.25, 0.3) is 0 Å². The molecule has 0 rings (SSSR count). The molecule has 1 atom stereocenters. The molecule has 316 valence electrons. The number of unbranched alkanes of at least 4 members (excludes halogenated alkanes) is 26. The highest BCUT2D eigenvalue weighted by Crippen LogP contribution is 2.14. The summed E-state index contributed by atoms with van der Waals surface area (Å²) in [5.74, 6) is -0.406. The van der Waals surface area contributed by atoms with Crippen LogP contribution in [-0.4, -0.2) is 37.9 Å². The second kappa shape index (κ2) is 45.5. The van der Waals surface area contributed by atoms with Crippen molar-refractivity contribution in [3.8, 4) is 0 Å². The number of allylic oxidation sites excluding steroid dienone is 6. The van der Waals surface area contributed by atoms with Gasteiger partial charge in [-0.3, -0.25) is 9.59 Å². The summed E-state index contributed by atoms with van der Waals surface area (Å²) >= 11 is 0. The lowest BCUT2D eigenvalue weighted by Crippen LogP contribution is -2.30. The molecule has 0 radical (unpaired) electrons. The van der Waals surface area contributed by atoms with Crippen LogP contribution in [-0.2, 0) is 23.8 Å². The van der Waals surface area contributed by atoms with E-state index in [1.807, 2.05) is 0 Å². The van der Waals surface area contributed by atoms with E-state index < -0.39 is 6.10 Å². The second-order valence-electron chi connectivity index (χ2n) is 15.7. The number of ether oxygens (including phenoxy) is 3. The third-order valence-corrected chi connectivity index (χ3v) is 10.1. The van der Waals surface area contributed by atoms with Gasteiger partial charge in [-0.05, 0) is 64.2 Å². The van der Waals surface area contributed by atoms with Crippen LogP contribution in [0.1, 0.15) is 239 Å². The Morgan fingerprint density at radius 2 is 0.833 bits per heavy atom. The Kier molecular flexibility index (Phi) is 43.9. The highest BCUT2D eigenvalue weighted by atomic mass is 16.6. The first-order valence-corrected chi connectivity index (χ1v) is 23.5. The van der Waals surface area contributed by atoms with Crippen molar-refractivity contribution in [2.75, 3.05) is 19.8 Å². The molecule has 0 amide bonds. The largest absolute Gasteiger partial charge is 0.462 e. The summed E-state index contributed by atoms with van der Waals surface area (Å²) in [6.07, 6.45) is 52.8. The zero-order valence-electron chi connectivity index (χ0n) is 36.2. The summed E-state index contributed by atoms with van der Waals surface area (Å²) in [5.41, 5.74) is 0. The lowest BCUT2D eigenvalue weighted by atomic mass is 10.0. The van der Waals surface area contributed by atoms with Gasteiger partial charge in [0, 0.05) is 19.4 Å². The predicted octanol–water partition coefficient (Wildman–Crippen LogP) is 15.4. The van der Waals surface area contributed by atoms with E-state index in [4.69, 9.17) is 14.2 Å². The number of carbonyl (C=O) groups is 2. The predicted molar refractivity (Wildman–Crippen MR) is 233 cm³/mol. The molecule has 5 heteroatoms. The Labute approximate surface area is 336 Å². The van der Waals surface area contributed by atoms with Crippen LogP contribution < -0.4 is 0 Å². The zero-order chi connectivity index (χ0) is 39.3. The van der Waals surface area contributed by atoms with Crippen molar-refractivity contribution in [1.82, 2.24) is 0 Å². The van der Waals surface area contributed by atoms with Crippen molar-refractivity contribution in [1.29, 1.82) is 0 Å². The maximum Gasteiger partial charge on any atom is 0.306 e. The number of esters is 2. The third-order valence-electron chi connectivity index (χ3n) is 10.1. The van der Waals surface area contributed by atoms with Crippen LogP contribution in [0.3, 0.4) is 0 Å². The van der Waals surface area contributed by atoms with Gasteiger partial charge >= 0.3 is 11.9 Å². The lowest BCUT2D eigenvalue weighted by Gasteiger charge is -2.18. The van der Waals surface area contributed by atoms with Gasteiger partial charge in [-0.25, -0.2) is 0 Å². The Balaban J connectivity index is 4.25. The molecule has 0 aliphatic rings. The van der Waals surface area contributed by atoms with Gasteiger partial charge < -0.3 is 14.2 Å². The molecule has 0 fully saturated rings. The fourth-order valence-electron chi connectivity index (χ4n) is 6.59. The van der Waals surface area contributed by atoms with Crippen LogP contribution in [0.2, 0.25) is 0 Å². The first kappa shape index (κ1) is 52.1. The monoisotopic (exact) mass is 759 g/mol. The average molecular weight is 759 g/mol. The number of carbonyl (C=O) groups excluding carboxylic acids is 2. The molecule has 0 N–H and O–H groups in total. The fraction of sp³-hybridized carbons (Fsp3) is 0.837. The van der Waals surface area contributed by atoms with E-state index in [2.05, 4.69) is 57.2 Å². The topological polar surface area (TPSA) is 61.8 Å². The molecular weight excluding hydrogens is 669 g/mol. The standard InChI is InChI=1S/C49H90O5/c1-4-7-10-13-16-19-22-24-26-29-32-35-38-41-44-52-45-47(54-49(51)43-40-37-34-31-27-21-18-15-12-9-6-3)46-53-48(50)42-39-36-33-30-28-25-23-20-17-14-11-8-5-2/h10,13,15,18-19,22,47H,4-9,11-12,14,16-17,20-21,23-46H2,1-3H3/b13-10-,18-15-,22-19-. The van der Waals surface area contributed by atoms with Crippen molar-refractivity contribution in [3.05, 3.63) is 36.5 Å². The summed E-state index contributed by atoms with van der Waals surface area (Å²) in [6.45, 7) is 7.72. The molecule has 0 bridgehead atoms. The molecule has 5 nitrogen and oxygen atoms in total. The fourth-order valence-corrected chi connectivity index (χ4v) is 6.59. The molecule has 0 aliphatic carbocycles. The average Bonchev–Trinajstić information content (AvgIpc) is 3.17. The molecule has 0 aliphatic heterocycles. The number of hydrogen-bond donors (Lipinski definition) is 0. The van der Waals surface area contributed by atoms with Crippen LogP contribution >= 0.6 is 0 Å². The van der Waals surface area contributed by atoms with Crippen LogP contribution in [0.15, 0.2) is 36.5 Å². The van der Waals surface area contributed by atoms with Crippen LogP contribution in [0.5, 0.6) is 0 Å². The van der Waals surface area contributed by atoms with Gasteiger partial charge in [-0.1, -0.05) is 198 Å². The summed E-state index contributed by atoms with van der Waals surface area (Å²) in [6, 6.07) is 0. The second-order valence-corrected chi connectivity index (χ2v) is 15.7. The first-order valence-electron chi connectivity index (χ1n) is 23.5. The van der Waals surface area contributed by atoms with Gasteiger partial charge in [0.15, 0.2) is 6.10 Å². The number of rotatable bonds is 43. The summed E-state index contributed by atoms with van der Waals surface area (Å²) in [4.78, 5) is 25.2. The maximum atomic E-state index is 12.7. The Morgan fingerprint density at radius 1 is 0.407 bits per heavy atom. The normalized spacial score (nSPS) is 12.4. The molecule has 0 saturated carbocycles. The van der Waals surface area contributed by atoms with Crippen LogP contribution in [0, 0.1) is 0 Å². The first-order chi connectivity index (χ1) is 26.6. The Hall–Kier alpha value is -1.88. The molecule has 0 heterocycles. The Bertz CT molecular complexity index is 862. The van der Waals surface area contributed by atoms with E-state index in [1.165, 1.54) is 148 Å². The van der Waals surface area contributed by atoms with E-state index in [0.717, 1.165) is 57.8 Å². The molecule has 0 aromatic heterocycles. The maximum absolute atomic E-state index is 12.7. The van der Waals surface area contributed by atoms with Gasteiger partial charge in [-0.15, -0.1) is 0 Å².